The number of furan rings is 2. The average molecular weight is 461 g/mol. The van der Waals surface area contributed by atoms with Crippen molar-refractivity contribution in [1.82, 2.24) is 0 Å². The molecule has 33 heavy (non-hydrogen) atoms. The second-order valence-corrected chi connectivity index (χ2v) is 7.86. The molecule has 7 heteroatoms. The Hall–Kier alpha value is -4.03. The monoisotopic (exact) mass is 460 g/mol. The van der Waals surface area contributed by atoms with Crippen LogP contribution in [0.4, 0.5) is 11.4 Å². The number of amides is 2. The summed E-state index contributed by atoms with van der Waals surface area (Å²) in [7, 11) is 0. The van der Waals surface area contributed by atoms with Crippen molar-refractivity contribution in [3.05, 3.63) is 101 Å². The van der Waals surface area contributed by atoms with Crippen LogP contribution in [-0.4, -0.2) is 11.8 Å². The van der Waals surface area contributed by atoms with Gasteiger partial charge in [-0.15, -0.1) is 0 Å². The van der Waals surface area contributed by atoms with Gasteiger partial charge < -0.3 is 19.5 Å². The fourth-order valence-corrected chi connectivity index (χ4v) is 3.29. The van der Waals surface area contributed by atoms with E-state index in [-0.39, 0.29) is 17.6 Å². The molecule has 0 unspecified atom stereocenters. The van der Waals surface area contributed by atoms with E-state index < -0.39 is 0 Å². The summed E-state index contributed by atoms with van der Waals surface area (Å²) in [4.78, 5) is 24.6. The molecule has 0 atom stereocenters. The first kappa shape index (κ1) is 22.2. The highest BCUT2D eigenvalue weighted by molar-refractivity contribution is 6.31. The summed E-state index contributed by atoms with van der Waals surface area (Å²) in [6.07, 6.45) is 4.41. The minimum Gasteiger partial charge on any atom is -0.459 e. The molecule has 4 aromatic rings. The molecular weight excluding hydrogens is 440 g/mol. The number of carbonyl (C=O) groups is 2. The number of hydrogen-bond donors (Lipinski definition) is 2. The van der Waals surface area contributed by atoms with Gasteiger partial charge in [-0.3, -0.25) is 9.59 Å². The van der Waals surface area contributed by atoms with Gasteiger partial charge in [-0.25, -0.2) is 0 Å². The van der Waals surface area contributed by atoms with Crippen LogP contribution < -0.4 is 10.6 Å². The molecule has 2 aromatic heterocycles. The van der Waals surface area contributed by atoms with Gasteiger partial charge in [0.25, 0.3) is 5.91 Å². The van der Waals surface area contributed by atoms with E-state index in [0.29, 0.717) is 27.9 Å². The Balaban J connectivity index is 1.42. The zero-order valence-electron chi connectivity index (χ0n) is 18.0. The van der Waals surface area contributed by atoms with E-state index >= 15 is 0 Å². The summed E-state index contributed by atoms with van der Waals surface area (Å²) < 4.78 is 10.9. The Morgan fingerprint density at radius 2 is 1.76 bits per heavy atom. The summed E-state index contributed by atoms with van der Waals surface area (Å²) in [5.41, 5.74) is 3.82. The summed E-state index contributed by atoms with van der Waals surface area (Å²) in [5.74, 6) is 0.698. The van der Waals surface area contributed by atoms with Gasteiger partial charge in [-0.2, -0.15) is 0 Å². The Morgan fingerprint density at radius 1 is 0.939 bits per heavy atom. The molecule has 166 valence electrons. The Labute approximate surface area is 195 Å². The number of anilines is 2. The van der Waals surface area contributed by atoms with E-state index in [1.807, 2.05) is 44.2 Å². The lowest BCUT2D eigenvalue weighted by molar-refractivity contribution is -0.111. The second-order valence-electron chi connectivity index (χ2n) is 7.45. The fourth-order valence-electron chi connectivity index (χ4n) is 3.11. The lowest BCUT2D eigenvalue weighted by Crippen LogP contribution is -2.12. The van der Waals surface area contributed by atoms with Gasteiger partial charge in [0.05, 0.1) is 6.26 Å². The maximum Gasteiger partial charge on any atom is 0.291 e. The van der Waals surface area contributed by atoms with Gasteiger partial charge in [0.2, 0.25) is 5.91 Å². The van der Waals surface area contributed by atoms with Crippen LogP contribution in [0.2, 0.25) is 5.02 Å². The predicted octanol–water partition coefficient (Wildman–Crippen LogP) is 6.71. The SMILES string of the molecule is Cc1ccc(-c2ccc(/C=C/C(=O)Nc3cc(NC(=O)c4ccco4)ccc3C)o2)cc1Cl. The molecule has 0 fully saturated rings. The standard InChI is InChI=1S/C26H21ClN2O4/c1-16-5-7-18(14-21(16)27)23-11-9-20(33-23)10-12-25(30)29-22-15-19(8-6-17(22)2)28-26(31)24-4-3-13-32-24/h3-15H,1-2H3,(H,28,31)(H,29,30)/b12-10+. The van der Waals surface area contributed by atoms with Gasteiger partial charge in [-0.05, 0) is 73.5 Å². The summed E-state index contributed by atoms with van der Waals surface area (Å²) in [6.45, 7) is 3.80. The van der Waals surface area contributed by atoms with E-state index in [1.165, 1.54) is 12.3 Å². The van der Waals surface area contributed by atoms with Crippen LogP contribution in [0, 0.1) is 13.8 Å². The van der Waals surface area contributed by atoms with Crippen LogP contribution in [0.1, 0.15) is 27.4 Å². The molecule has 2 N–H and O–H groups in total. The van der Waals surface area contributed by atoms with Crippen molar-refractivity contribution in [3.8, 4) is 11.3 Å². The van der Waals surface area contributed by atoms with Crippen LogP contribution in [0.15, 0.2) is 81.8 Å². The molecule has 2 aromatic carbocycles. The maximum atomic E-state index is 12.5. The van der Waals surface area contributed by atoms with Gasteiger partial charge in [-0.1, -0.05) is 29.8 Å². The lowest BCUT2D eigenvalue weighted by Gasteiger charge is -2.10. The fraction of sp³-hybridized carbons (Fsp3) is 0.0769. The number of hydrogen-bond acceptors (Lipinski definition) is 4. The van der Waals surface area contributed by atoms with Crippen molar-refractivity contribution >= 4 is 40.9 Å². The van der Waals surface area contributed by atoms with Crippen molar-refractivity contribution in [1.29, 1.82) is 0 Å². The molecule has 0 saturated heterocycles. The molecule has 0 bridgehead atoms. The zero-order chi connectivity index (χ0) is 23.4. The highest BCUT2D eigenvalue weighted by atomic mass is 35.5. The van der Waals surface area contributed by atoms with E-state index in [0.717, 1.165) is 16.7 Å². The number of carbonyl (C=O) groups excluding carboxylic acids is 2. The first-order valence-corrected chi connectivity index (χ1v) is 10.6. The highest BCUT2D eigenvalue weighted by Crippen LogP contribution is 2.27. The van der Waals surface area contributed by atoms with Crippen LogP contribution in [0.25, 0.3) is 17.4 Å². The van der Waals surface area contributed by atoms with Crippen LogP contribution >= 0.6 is 11.6 Å². The number of rotatable bonds is 6. The molecule has 0 spiro atoms. The van der Waals surface area contributed by atoms with Crippen LogP contribution in [0.3, 0.4) is 0 Å². The van der Waals surface area contributed by atoms with Crippen LogP contribution in [0.5, 0.6) is 0 Å². The van der Waals surface area contributed by atoms with Gasteiger partial charge >= 0.3 is 0 Å². The van der Waals surface area contributed by atoms with Crippen LogP contribution in [-0.2, 0) is 4.79 Å². The van der Waals surface area contributed by atoms with Crippen molar-refractivity contribution in [2.24, 2.45) is 0 Å². The molecule has 2 amide bonds. The van der Waals surface area contributed by atoms with E-state index in [9.17, 15) is 9.59 Å². The highest BCUT2D eigenvalue weighted by Gasteiger charge is 2.11. The Bertz CT molecular complexity index is 1340. The smallest absolute Gasteiger partial charge is 0.291 e. The Kier molecular flexibility index (Phi) is 6.47. The van der Waals surface area contributed by atoms with Gasteiger partial charge in [0.1, 0.15) is 11.5 Å². The van der Waals surface area contributed by atoms with Gasteiger partial charge in [0, 0.05) is 28.0 Å². The number of aryl methyl sites for hydroxylation is 2. The zero-order valence-corrected chi connectivity index (χ0v) is 18.8. The molecule has 0 saturated carbocycles. The van der Waals surface area contributed by atoms with E-state index in [1.54, 1.807) is 36.4 Å². The minimum atomic E-state index is -0.371. The quantitative estimate of drug-likeness (QED) is 0.313. The minimum absolute atomic E-state index is 0.204. The molecule has 4 rings (SSSR count). The third-order valence-electron chi connectivity index (χ3n) is 4.98. The van der Waals surface area contributed by atoms with E-state index in [2.05, 4.69) is 10.6 Å². The first-order valence-electron chi connectivity index (χ1n) is 10.2. The third kappa shape index (κ3) is 5.42. The van der Waals surface area contributed by atoms with Gasteiger partial charge in [0.15, 0.2) is 5.76 Å². The summed E-state index contributed by atoms with van der Waals surface area (Å²) in [6, 6.07) is 17.8. The second kappa shape index (κ2) is 9.63. The van der Waals surface area contributed by atoms with Crippen molar-refractivity contribution in [2.45, 2.75) is 13.8 Å². The maximum absolute atomic E-state index is 12.5. The number of benzene rings is 2. The average Bonchev–Trinajstić information content (AvgIpc) is 3.49. The molecule has 0 aliphatic carbocycles. The first-order chi connectivity index (χ1) is 15.9. The molecular formula is C26H21ClN2O4. The Morgan fingerprint density at radius 3 is 2.52 bits per heavy atom. The lowest BCUT2D eigenvalue weighted by atomic mass is 10.1. The molecule has 2 heterocycles. The summed E-state index contributed by atoms with van der Waals surface area (Å²) >= 11 is 6.19. The van der Waals surface area contributed by atoms with Crippen molar-refractivity contribution in [3.63, 3.8) is 0 Å². The van der Waals surface area contributed by atoms with E-state index in [4.69, 9.17) is 20.4 Å². The third-order valence-corrected chi connectivity index (χ3v) is 5.39. The van der Waals surface area contributed by atoms with Crippen molar-refractivity contribution in [2.75, 3.05) is 10.6 Å². The number of halogens is 1. The molecule has 0 aliphatic rings. The molecule has 0 aliphatic heterocycles. The normalized spacial score (nSPS) is 11.0. The molecule has 6 nitrogen and oxygen atoms in total. The topological polar surface area (TPSA) is 84.5 Å². The van der Waals surface area contributed by atoms with Crippen molar-refractivity contribution < 1.29 is 18.4 Å². The summed E-state index contributed by atoms with van der Waals surface area (Å²) in [5, 5.41) is 6.23. The predicted molar refractivity (Wildman–Crippen MR) is 129 cm³/mol. The largest absolute Gasteiger partial charge is 0.459 e. The number of nitrogens with one attached hydrogen (secondary N) is 2. The molecule has 0 radical (unpaired) electrons.